The number of nitrogens with zero attached hydrogens (tertiary/aromatic N) is 1. The van der Waals surface area contributed by atoms with Crippen LogP contribution >= 0.6 is 0 Å². The summed E-state index contributed by atoms with van der Waals surface area (Å²) in [7, 11) is 5.97. The number of aliphatic carboxylic acids is 1. The molecule has 66 heavy (non-hydrogen) atoms. The Balaban J connectivity index is 4.26. The first-order valence-corrected chi connectivity index (χ1v) is 28.0. The van der Waals surface area contributed by atoms with Gasteiger partial charge >= 0.3 is 17.9 Å². The van der Waals surface area contributed by atoms with E-state index in [4.69, 9.17) is 18.9 Å². The van der Waals surface area contributed by atoms with Crippen LogP contribution in [0, 0.1) is 0 Å². The number of allylic oxidation sites excluding steroid dienone is 4. The van der Waals surface area contributed by atoms with E-state index in [2.05, 4.69) is 38.2 Å². The third kappa shape index (κ3) is 49.7. The summed E-state index contributed by atoms with van der Waals surface area (Å²) < 4.78 is 22.9. The number of carbonyl (C=O) groups excluding carboxylic acids is 2. The lowest BCUT2D eigenvalue weighted by Gasteiger charge is -2.25. The minimum Gasteiger partial charge on any atom is -0.477 e. The van der Waals surface area contributed by atoms with Crippen LogP contribution < -0.4 is 0 Å². The molecule has 2 unspecified atom stereocenters. The molecule has 388 valence electrons. The van der Waals surface area contributed by atoms with Gasteiger partial charge < -0.3 is 28.5 Å². The third-order valence-electron chi connectivity index (χ3n) is 12.5. The summed E-state index contributed by atoms with van der Waals surface area (Å²) in [5.74, 6) is -1.99. The third-order valence-corrected chi connectivity index (χ3v) is 12.5. The van der Waals surface area contributed by atoms with Crippen LogP contribution in [0.1, 0.15) is 264 Å². The van der Waals surface area contributed by atoms with Crippen molar-refractivity contribution in [3.05, 3.63) is 24.3 Å². The summed E-state index contributed by atoms with van der Waals surface area (Å²) in [4.78, 5) is 37.4. The molecule has 1 N–H and O–H groups in total. The summed E-state index contributed by atoms with van der Waals surface area (Å²) in [6, 6.07) is 0. The molecule has 0 aromatic rings. The van der Waals surface area contributed by atoms with Crippen LogP contribution in [0.3, 0.4) is 0 Å². The Kier molecular flexibility index (Phi) is 47.5. The van der Waals surface area contributed by atoms with Crippen LogP contribution in [0.25, 0.3) is 0 Å². The van der Waals surface area contributed by atoms with Gasteiger partial charge in [0.2, 0.25) is 0 Å². The van der Waals surface area contributed by atoms with Gasteiger partial charge in [0.1, 0.15) is 13.2 Å². The van der Waals surface area contributed by atoms with E-state index in [1.54, 1.807) is 0 Å². The van der Waals surface area contributed by atoms with E-state index in [-0.39, 0.29) is 32.2 Å². The van der Waals surface area contributed by atoms with E-state index in [0.717, 1.165) is 51.4 Å². The summed E-state index contributed by atoms with van der Waals surface area (Å²) in [5.41, 5.74) is 0. The van der Waals surface area contributed by atoms with Crippen molar-refractivity contribution in [1.82, 2.24) is 0 Å². The first-order valence-electron chi connectivity index (χ1n) is 28.0. The summed E-state index contributed by atoms with van der Waals surface area (Å²) in [6.45, 7) is 4.91. The molecular weight excluding hydrogens is 827 g/mol. The lowest BCUT2D eigenvalue weighted by molar-refractivity contribution is -0.870. The van der Waals surface area contributed by atoms with Crippen LogP contribution in [0.4, 0.5) is 0 Å². The number of unbranched alkanes of at least 4 members (excludes halogenated alkanes) is 33. The molecule has 0 saturated carbocycles. The molecule has 0 aromatic heterocycles. The Hall–Kier alpha value is -2.23. The first kappa shape index (κ1) is 63.8. The molecule has 0 heterocycles. The van der Waals surface area contributed by atoms with E-state index in [9.17, 15) is 19.5 Å². The molecule has 0 radical (unpaired) electrons. The number of hydrogen-bond donors (Lipinski definition) is 1. The summed E-state index contributed by atoms with van der Waals surface area (Å²) in [5, 5.41) is 9.69. The zero-order chi connectivity index (χ0) is 48.4. The maximum absolute atomic E-state index is 12.9. The molecule has 9 heteroatoms. The van der Waals surface area contributed by atoms with E-state index in [1.165, 1.54) is 186 Å². The second-order valence-corrected chi connectivity index (χ2v) is 20.3. The zero-order valence-electron chi connectivity index (χ0n) is 44.1. The van der Waals surface area contributed by atoms with Crippen LogP contribution in [-0.4, -0.2) is 87.4 Å². The fourth-order valence-electron chi connectivity index (χ4n) is 8.10. The zero-order valence-corrected chi connectivity index (χ0v) is 44.1. The number of esters is 2. The lowest BCUT2D eigenvalue weighted by Crippen LogP contribution is -2.40. The number of hydrogen-bond acceptors (Lipinski definition) is 7. The van der Waals surface area contributed by atoms with Crippen molar-refractivity contribution >= 4 is 17.9 Å². The average molecular weight is 935 g/mol. The Labute approximate surface area is 407 Å². The van der Waals surface area contributed by atoms with E-state index >= 15 is 0 Å². The number of quaternary nitrogens is 1. The second kappa shape index (κ2) is 49.2. The van der Waals surface area contributed by atoms with Crippen molar-refractivity contribution in [1.29, 1.82) is 0 Å². The van der Waals surface area contributed by atoms with Crippen LogP contribution in [-0.2, 0) is 33.3 Å². The SMILES string of the molecule is CCCCCCC/C=C\C/C=C\CCCCCCCCCCCC(=O)OC(COC(=O)CCCCCCCCCCCCCCCCCCCCCC)COC(OCC[N+](C)(C)C)C(=O)O. The normalized spacial score (nSPS) is 12.9. The highest BCUT2D eigenvalue weighted by Crippen LogP contribution is 2.17. The Morgan fingerprint density at radius 2 is 0.818 bits per heavy atom. The van der Waals surface area contributed by atoms with Crippen molar-refractivity contribution in [2.24, 2.45) is 0 Å². The van der Waals surface area contributed by atoms with Gasteiger partial charge in [0, 0.05) is 12.8 Å². The van der Waals surface area contributed by atoms with Crippen molar-refractivity contribution in [3.8, 4) is 0 Å². The van der Waals surface area contributed by atoms with E-state index in [0.29, 0.717) is 17.4 Å². The van der Waals surface area contributed by atoms with Gasteiger partial charge in [-0.05, 0) is 44.9 Å². The number of carbonyl (C=O) groups is 3. The Morgan fingerprint density at radius 3 is 1.20 bits per heavy atom. The van der Waals surface area contributed by atoms with Gasteiger partial charge in [-0.25, -0.2) is 4.79 Å². The van der Waals surface area contributed by atoms with E-state index < -0.39 is 24.3 Å². The standard InChI is InChI=1S/C57H107NO8/c1-6-8-10-12-14-16-18-20-22-24-26-28-30-32-34-36-38-40-42-44-46-48-55(60)66-53(52-65-57(56(61)62)63-50-49-58(3,4)5)51-64-54(59)47-45-43-41-39-37-35-33-31-29-27-25-23-21-19-17-15-13-11-9-7-2/h18,20,24,26,53,57H,6-17,19,21-23,25,27-52H2,1-5H3/p+1/b20-18-,26-24-. The lowest BCUT2D eigenvalue weighted by atomic mass is 10.0. The maximum atomic E-state index is 12.9. The summed E-state index contributed by atoms with van der Waals surface area (Å²) in [6.07, 6.45) is 53.8. The summed E-state index contributed by atoms with van der Waals surface area (Å²) >= 11 is 0. The number of ether oxygens (including phenoxy) is 4. The predicted molar refractivity (Wildman–Crippen MR) is 277 cm³/mol. The molecule has 2 atom stereocenters. The predicted octanol–water partition coefficient (Wildman–Crippen LogP) is 16.0. The quantitative estimate of drug-likeness (QED) is 0.0211. The molecule has 9 nitrogen and oxygen atoms in total. The first-order chi connectivity index (χ1) is 32.1. The number of carboxylic acid groups (broad SMARTS) is 1. The van der Waals surface area contributed by atoms with Crippen LogP contribution in [0.15, 0.2) is 24.3 Å². The van der Waals surface area contributed by atoms with Crippen molar-refractivity contribution in [2.75, 3.05) is 47.5 Å². The van der Waals surface area contributed by atoms with Crippen molar-refractivity contribution in [2.45, 2.75) is 277 Å². The molecule has 0 amide bonds. The highest BCUT2D eigenvalue weighted by Gasteiger charge is 2.25. The molecular formula is C57H108NO8+. The Morgan fingerprint density at radius 1 is 0.455 bits per heavy atom. The molecule has 0 aliphatic rings. The maximum Gasteiger partial charge on any atom is 0.361 e. The van der Waals surface area contributed by atoms with Crippen molar-refractivity contribution < 1.29 is 42.9 Å². The van der Waals surface area contributed by atoms with E-state index in [1.807, 2.05) is 21.1 Å². The second-order valence-electron chi connectivity index (χ2n) is 20.3. The van der Waals surface area contributed by atoms with Gasteiger partial charge in [0.25, 0.3) is 6.29 Å². The number of likely N-dealkylation sites (N-methyl/N-ethyl adjacent to an activating group) is 1. The minimum atomic E-state index is -1.51. The fraction of sp³-hybridized carbons (Fsp3) is 0.877. The molecule has 0 aliphatic carbocycles. The molecule has 0 rings (SSSR count). The molecule has 0 bridgehead atoms. The molecule has 0 saturated heterocycles. The molecule has 0 spiro atoms. The fourth-order valence-corrected chi connectivity index (χ4v) is 8.10. The highest BCUT2D eigenvalue weighted by molar-refractivity contribution is 5.71. The smallest absolute Gasteiger partial charge is 0.361 e. The average Bonchev–Trinajstić information content (AvgIpc) is 3.28. The molecule has 0 aliphatic heterocycles. The van der Waals surface area contributed by atoms with Crippen LogP contribution in [0.5, 0.6) is 0 Å². The minimum absolute atomic E-state index is 0.179. The largest absolute Gasteiger partial charge is 0.477 e. The van der Waals surface area contributed by atoms with Gasteiger partial charge in [-0.1, -0.05) is 231 Å². The van der Waals surface area contributed by atoms with Gasteiger partial charge in [0.15, 0.2) is 6.10 Å². The van der Waals surface area contributed by atoms with Crippen molar-refractivity contribution in [3.63, 3.8) is 0 Å². The van der Waals surface area contributed by atoms with Gasteiger partial charge in [0.05, 0.1) is 34.4 Å². The van der Waals surface area contributed by atoms with Gasteiger partial charge in [-0.15, -0.1) is 0 Å². The monoisotopic (exact) mass is 935 g/mol. The Bertz CT molecular complexity index is 1130. The van der Waals surface area contributed by atoms with Gasteiger partial charge in [-0.3, -0.25) is 9.59 Å². The number of rotatable bonds is 52. The molecule has 0 fully saturated rings. The molecule has 0 aromatic carbocycles. The number of carboxylic acids is 1. The highest BCUT2D eigenvalue weighted by atomic mass is 16.7. The van der Waals surface area contributed by atoms with Gasteiger partial charge in [-0.2, -0.15) is 0 Å². The topological polar surface area (TPSA) is 108 Å². The van der Waals surface area contributed by atoms with Crippen LogP contribution in [0.2, 0.25) is 0 Å².